The Balaban J connectivity index is 2.25. The van der Waals surface area contributed by atoms with Crippen LogP contribution in [0.25, 0.3) is 0 Å². The van der Waals surface area contributed by atoms with E-state index >= 15 is 0 Å². The lowest BCUT2D eigenvalue weighted by Gasteiger charge is -2.08. The summed E-state index contributed by atoms with van der Waals surface area (Å²) in [5.74, 6) is 0.873. The average Bonchev–Trinajstić information content (AvgIpc) is 2.46. The van der Waals surface area contributed by atoms with Gasteiger partial charge >= 0.3 is 0 Å². The van der Waals surface area contributed by atoms with Crippen molar-refractivity contribution in [3.63, 3.8) is 0 Å². The SMILES string of the molecule is CCc1cc(CO)cc(Oc2ccc(S(C)(=O)=O)cc2)n1. The van der Waals surface area contributed by atoms with Crippen LogP contribution in [0.3, 0.4) is 0 Å². The Morgan fingerprint density at radius 2 is 1.86 bits per heavy atom. The van der Waals surface area contributed by atoms with Gasteiger partial charge in [0.2, 0.25) is 5.88 Å². The molecule has 0 unspecified atom stereocenters. The molecule has 1 heterocycles. The molecule has 5 nitrogen and oxygen atoms in total. The third kappa shape index (κ3) is 4.03. The van der Waals surface area contributed by atoms with Gasteiger partial charge in [-0.05, 0) is 42.3 Å². The van der Waals surface area contributed by atoms with Gasteiger partial charge in [0.1, 0.15) is 5.75 Å². The van der Waals surface area contributed by atoms with Gasteiger partial charge in [-0.3, -0.25) is 0 Å². The first-order valence-electron chi connectivity index (χ1n) is 6.51. The van der Waals surface area contributed by atoms with E-state index in [0.717, 1.165) is 23.9 Å². The van der Waals surface area contributed by atoms with Crippen molar-refractivity contribution in [2.24, 2.45) is 0 Å². The Hall–Kier alpha value is -1.92. The fourth-order valence-electron chi connectivity index (χ4n) is 1.82. The van der Waals surface area contributed by atoms with E-state index in [1.54, 1.807) is 18.2 Å². The number of hydrogen-bond donors (Lipinski definition) is 1. The van der Waals surface area contributed by atoms with Gasteiger partial charge in [0.05, 0.1) is 11.5 Å². The van der Waals surface area contributed by atoms with E-state index in [9.17, 15) is 13.5 Å². The summed E-state index contributed by atoms with van der Waals surface area (Å²) in [7, 11) is -3.22. The molecular formula is C15H17NO4S. The smallest absolute Gasteiger partial charge is 0.219 e. The second-order valence-electron chi connectivity index (χ2n) is 4.66. The first kappa shape index (κ1) is 15.5. The standard InChI is InChI=1S/C15H17NO4S/c1-3-12-8-11(10-17)9-15(16-12)20-13-4-6-14(7-5-13)21(2,18)19/h4-9,17H,3,10H2,1-2H3. The highest BCUT2D eigenvalue weighted by Crippen LogP contribution is 2.23. The number of benzene rings is 1. The number of aromatic nitrogens is 1. The Morgan fingerprint density at radius 3 is 2.38 bits per heavy atom. The van der Waals surface area contributed by atoms with Crippen molar-refractivity contribution >= 4 is 9.84 Å². The number of sulfone groups is 1. The number of pyridine rings is 1. The highest BCUT2D eigenvalue weighted by molar-refractivity contribution is 7.90. The van der Waals surface area contributed by atoms with Gasteiger partial charge in [-0.25, -0.2) is 13.4 Å². The van der Waals surface area contributed by atoms with Crippen molar-refractivity contribution in [3.05, 3.63) is 47.7 Å². The van der Waals surface area contributed by atoms with Crippen molar-refractivity contribution < 1.29 is 18.3 Å². The van der Waals surface area contributed by atoms with E-state index in [1.807, 2.05) is 13.0 Å². The van der Waals surface area contributed by atoms with Crippen LogP contribution in [-0.4, -0.2) is 24.8 Å². The van der Waals surface area contributed by atoms with Gasteiger partial charge in [-0.2, -0.15) is 0 Å². The molecule has 0 atom stereocenters. The van der Waals surface area contributed by atoms with Crippen LogP contribution in [0.15, 0.2) is 41.3 Å². The van der Waals surface area contributed by atoms with Gasteiger partial charge in [0.25, 0.3) is 0 Å². The maximum Gasteiger partial charge on any atom is 0.219 e. The predicted molar refractivity (Wildman–Crippen MR) is 79.2 cm³/mol. The van der Waals surface area contributed by atoms with Crippen LogP contribution >= 0.6 is 0 Å². The summed E-state index contributed by atoms with van der Waals surface area (Å²) in [5, 5.41) is 9.22. The Bertz CT molecular complexity index is 702. The molecule has 0 amide bonds. The molecular weight excluding hydrogens is 290 g/mol. The highest BCUT2D eigenvalue weighted by Gasteiger charge is 2.08. The minimum absolute atomic E-state index is 0.0844. The summed E-state index contributed by atoms with van der Waals surface area (Å²) in [4.78, 5) is 4.55. The second-order valence-corrected chi connectivity index (χ2v) is 6.68. The van der Waals surface area contributed by atoms with Crippen LogP contribution in [-0.2, 0) is 22.9 Å². The zero-order chi connectivity index (χ0) is 15.5. The lowest BCUT2D eigenvalue weighted by Crippen LogP contribution is -1.98. The number of aryl methyl sites for hydroxylation is 1. The molecule has 1 aromatic heterocycles. The van der Waals surface area contributed by atoms with Gasteiger partial charge in [0.15, 0.2) is 9.84 Å². The Kier molecular flexibility index (Phi) is 4.59. The van der Waals surface area contributed by atoms with E-state index in [2.05, 4.69) is 4.98 Å². The quantitative estimate of drug-likeness (QED) is 0.917. The molecule has 0 spiro atoms. The topological polar surface area (TPSA) is 76.5 Å². The zero-order valence-corrected chi connectivity index (χ0v) is 12.7. The predicted octanol–water partition coefficient (Wildman–Crippen LogP) is 2.33. The van der Waals surface area contributed by atoms with E-state index in [1.165, 1.54) is 12.1 Å². The van der Waals surface area contributed by atoms with E-state index in [0.29, 0.717) is 11.6 Å². The van der Waals surface area contributed by atoms with Crippen molar-refractivity contribution in [3.8, 4) is 11.6 Å². The Labute approximate surface area is 124 Å². The number of hydrogen-bond acceptors (Lipinski definition) is 5. The number of rotatable bonds is 5. The van der Waals surface area contributed by atoms with Gasteiger partial charge in [-0.1, -0.05) is 6.92 Å². The number of aliphatic hydroxyl groups excluding tert-OH is 1. The van der Waals surface area contributed by atoms with Crippen molar-refractivity contribution in [1.29, 1.82) is 0 Å². The van der Waals surface area contributed by atoms with Gasteiger partial charge in [0, 0.05) is 18.0 Å². The fourth-order valence-corrected chi connectivity index (χ4v) is 2.45. The van der Waals surface area contributed by atoms with Crippen LogP contribution < -0.4 is 4.74 Å². The molecule has 1 N–H and O–H groups in total. The fraction of sp³-hybridized carbons (Fsp3) is 0.267. The minimum Gasteiger partial charge on any atom is -0.439 e. The molecule has 0 radical (unpaired) electrons. The molecule has 0 aliphatic carbocycles. The molecule has 0 aliphatic heterocycles. The normalized spacial score (nSPS) is 11.4. The lowest BCUT2D eigenvalue weighted by atomic mass is 10.2. The van der Waals surface area contributed by atoms with E-state index < -0.39 is 9.84 Å². The maximum atomic E-state index is 11.4. The van der Waals surface area contributed by atoms with Crippen LogP contribution in [0.5, 0.6) is 11.6 Å². The number of aliphatic hydroxyl groups is 1. The summed E-state index contributed by atoms with van der Waals surface area (Å²) < 4.78 is 28.4. The average molecular weight is 307 g/mol. The van der Waals surface area contributed by atoms with E-state index in [-0.39, 0.29) is 11.5 Å². The molecule has 0 aliphatic rings. The van der Waals surface area contributed by atoms with Crippen LogP contribution in [0.2, 0.25) is 0 Å². The van der Waals surface area contributed by atoms with Crippen LogP contribution in [0.4, 0.5) is 0 Å². The van der Waals surface area contributed by atoms with Gasteiger partial charge < -0.3 is 9.84 Å². The summed E-state index contributed by atoms with van der Waals surface area (Å²) in [6.07, 6.45) is 1.89. The summed E-state index contributed by atoms with van der Waals surface area (Å²) in [6, 6.07) is 9.61. The maximum absolute atomic E-state index is 11.4. The molecule has 2 rings (SSSR count). The van der Waals surface area contributed by atoms with Crippen molar-refractivity contribution in [2.75, 3.05) is 6.26 Å². The first-order chi connectivity index (χ1) is 9.92. The highest BCUT2D eigenvalue weighted by atomic mass is 32.2. The molecule has 0 bridgehead atoms. The van der Waals surface area contributed by atoms with Crippen LogP contribution in [0.1, 0.15) is 18.2 Å². The molecule has 21 heavy (non-hydrogen) atoms. The summed E-state index contributed by atoms with van der Waals surface area (Å²) in [5.41, 5.74) is 1.55. The number of ether oxygens (including phenoxy) is 1. The lowest BCUT2D eigenvalue weighted by molar-refractivity contribution is 0.281. The van der Waals surface area contributed by atoms with Gasteiger partial charge in [-0.15, -0.1) is 0 Å². The van der Waals surface area contributed by atoms with Crippen LogP contribution in [0, 0.1) is 0 Å². The Morgan fingerprint density at radius 1 is 1.19 bits per heavy atom. The summed E-state index contributed by atoms with van der Waals surface area (Å²) >= 11 is 0. The number of nitrogens with zero attached hydrogens (tertiary/aromatic N) is 1. The largest absolute Gasteiger partial charge is 0.439 e. The van der Waals surface area contributed by atoms with Crippen molar-refractivity contribution in [2.45, 2.75) is 24.8 Å². The monoisotopic (exact) mass is 307 g/mol. The van der Waals surface area contributed by atoms with Crippen molar-refractivity contribution in [1.82, 2.24) is 4.98 Å². The summed E-state index contributed by atoms with van der Waals surface area (Å²) in [6.45, 7) is 1.88. The molecule has 1 aromatic carbocycles. The minimum atomic E-state index is -3.22. The third-order valence-corrected chi connectivity index (χ3v) is 4.06. The first-order valence-corrected chi connectivity index (χ1v) is 8.40. The van der Waals surface area contributed by atoms with E-state index in [4.69, 9.17) is 4.74 Å². The molecule has 0 saturated carbocycles. The zero-order valence-electron chi connectivity index (χ0n) is 11.9. The molecule has 0 saturated heterocycles. The molecule has 6 heteroatoms. The second kappa shape index (κ2) is 6.24. The molecule has 2 aromatic rings. The third-order valence-electron chi connectivity index (χ3n) is 2.93. The molecule has 112 valence electrons. The molecule has 0 fully saturated rings.